The van der Waals surface area contributed by atoms with Crippen LogP contribution in [0.15, 0.2) is 6.33 Å². The fourth-order valence-corrected chi connectivity index (χ4v) is 2.55. The van der Waals surface area contributed by atoms with E-state index in [4.69, 9.17) is 5.11 Å². The highest BCUT2D eigenvalue weighted by molar-refractivity contribution is 5.85. The zero-order valence-corrected chi connectivity index (χ0v) is 10.9. The standard InChI is InChI=1S/C12H18N4O3/c1-2-16-7-14-15-10(16)6-13-11(17)8-4-3-5-9(8)12(18)19/h7-9H,2-6H2,1H3,(H,13,17)(H,18,19). The van der Waals surface area contributed by atoms with Crippen molar-refractivity contribution in [2.75, 3.05) is 0 Å². The highest BCUT2D eigenvalue weighted by Crippen LogP contribution is 2.32. The SMILES string of the molecule is CCn1cnnc1CNC(=O)C1CCCC1C(=O)O. The molecule has 1 amide bonds. The Balaban J connectivity index is 1.92. The lowest BCUT2D eigenvalue weighted by atomic mass is 9.95. The molecule has 1 aliphatic rings. The number of rotatable bonds is 5. The number of nitrogens with one attached hydrogen (secondary N) is 1. The van der Waals surface area contributed by atoms with Crippen molar-refractivity contribution in [3.8, 4) is 0 Å². The molecule has 2 rings (SSSR count). The summed E-state index contributed by atoms with van der Waals surface area (Å²) in [5, 5.41) is 19.5. The van der Waals surface area contributed by atoms with Crippen LogP contribution >= 0.6 is 0 Å². The molecule has 7 heteroatoms. The normalized spacial score (nSPS) is 22.4. The number of amides is 1. The largest absolute Gasteiger partial charge is 0.481 e. The van der Waals surface area contributed by atoms with E-state index in [1.165, 1.54) is 0 Å². The van der Waals surface area contributed by atoms with Gasteiger partial charge >= 0.3 is 5.97 Å². The second kappa shape index (κ2) is 5.81. The van der Waals surface area contributed by atoms with Crippen molar-refractivity contribution in [1.29, 1.82) is 0 Å². The Labute approximate surface area is 111 Å². The zero-order chi connectivity index (χ0) is 13.8. The quantitative estimate of drug-likeness (QED) is 0.804. The van der Waals surface area contributed by atoms with E-state index in [-0.39, 0.29) is 12.5 Å². The Bertz CT molecular complexity index is 471. The smallest absolute Gasteiger partial charge is 0.307 e. The van der Waals surface area contributed by atoms with E-state index < -0.39 is 17.8 Å². The molecule has 7 nitrogen and oxygen atoms in total. The number of carboxylic acids is 1. The van der Waals surface area contributed by atoms with Crippen LogP contribution in [-0.4, -0.2) is 31.7 Å². The second-order valence-electron chi connectivity index (χ2n) is 4.73. The van der Waals surface area contributed by atoms with Crippen LogP contribution in [0.3, 0.4) is 0 Å². The van der Waals surface area contributed by atoms with Crippen molar-refractivity contribution < 1.29 is 14.7 Å². The lowest BCUT2D eigenvalue weighted by Crippen LogP contribution is -2.35. The van der Waals surface area contributed by atoms with E-state index in [1.54, 1.807) is 6.33 Å². The third-order valence-corrected chi connectivity index (χ3v) is 3.63. The Morgan fingerprint density at radius 2 is 2.21 bits per heavy atom. The number of aryl methyl sites for hydroxylation is 1. The molecule has 19 heavy (non-hydrogen) atoms. The van der Waals surface area contributed by atoms with Gasteiger partial charge in [0.25, 0.3) is 0 Å². The number of hydrogen-bond acceptors (Lipinski definition) is 4. The minimum atomic E-state index is -0.880. The van der Waals surface area contributed by atoms with Gasteiger partial charge in [0.05, 0.1) is 18.4 Å². The van der Waals surface area contributed by atoms with Crippen LogP contribution in [-0.2, 0) is 22.7 Å². The molecule has 0 saturated heterocycles. The fraction of sp³-hybridized carbons (Fsp3) is 0.667. The van der Waals surface area contributed by atoms with Gasteiger partial charge in [-0.2, -0.15) is 0 Å². The summed E-state index contributed by atoms with van der Waals surface area (Å²) in [4.78, 5) is 23.1. The summed E-state index contributed by atoms with van der Waals surface area (Å²) >= 11 is 0. The molecule has 1 aromatic heterocycles. The van der Waals surface area contributed by atoms with Crippen molar-refractivity contribution >= 4 is 11.9 Å². The zero-order valence-electron chi connectivity index (χ0n) is 10.9. The number of carbonyl (C=O) groups excluding carboxylic acids is 1. The van der Waals surface area contributed by atoms with Gasteiger partial charge in [-0.15, -0.1) is 10.2 Å². The highest BCUT2D eigenvalue weighted by atomic mass is 16.4. The highest BCUT2D eigenvalue weighted by Gasteiger charge is 2.37. The Morgan fingerprint density at radius 1 is 1.47 bits per heavy atom. The maximum atomic E-state index is 12.0. The Morgan fingerprint density at radius 3 is 2.89 bits per heavy atom. The average molecular weight is 266 g/mol. The molecule has 0 spiro atoms. The number of hydrogen-bond donors (Lipinski definition) is 2. The Hall–Kier alpha value is -1.92. The minimum Gasteiger partial charge on any atom is -0.481 e. The summed E-state index contributed by atoms with van der Waals surface area (Å²) in [5.74, 6) is -1.37. The molecule has 0 radical (unpaired) electrons. The van der Waals surface area contributed by atoms with E-state index in [2.05, 4.69) is 15.5 Å². The first-order valence-electron chi connectivity index (χ1n) is 6.50. The van der Waals surface area contributed by atoms with Crippen molar-refractivity contribution in [2.45, 2.75) is 39.3 Å². The fourth-order valence-electron chi connectivity index (χ4n) is 2.55. The maximum Gasteiger partial charge on any atom is 0.307 e. The first-order chi connectivity index (χ1) is 9.13. The molecular formula is C12H18N4O3. The van der Waals surface area contributed by atoms with Crippen molar-refractivity contribution in [1.82, 2.24) is 20.1 Å². The first-order valence-corrected chi connectivity index (χ1v) is 6.50. The van der Waals surface area contributed by atoms with Gasteiger partial charge in [-0.25, -0.2) is 0 Å². The van der Waals surface area contributed by atoms with E-state index in [1.807, 2.05) is 11.5 Å². The number of aromatic nitrogens is 3. The molecule has 0 bridgehead atoms. The Kier molecular flexibility index (Phi) is 4.13. The lowest BCUT2D eigenvalue weighted by molar-refractivity contribution is -0.146. The van der Waals surface area contributed by atoms with Crippen molar-refractivity contribution in [3.63, 3.8) is 0 Å². The lowest BCUT2D eigenvalue weighted by Gasteiger charge is -2.15. The summed E-state index contributed by atoms with van der Waals surface area (Å²) in [6.45, 7) is 2.99. The summed E-state index contributed by atoms with van der Waals surface area (Å²) < 4.78 is 1.84. The molecular weight excluding hydrogens is 248 g/mol. The van der Waals surface area contributed by atoms with Gasteiger partial charge in [0.1, 0.15) is 6.33 Å². The molecule has 2 unspecified atom stereocenters. The molecule has 1 saturated carbocycles. The molecule has 2 atom stereocenters. The van der Waals surface area contributed by atoms with Gasteiger partial charge in [-0.3, -0.25) is 9.59 Å². The van der Waals surface area contributed by atoms with Crippen LogP contribution in [0.2, 0.25) is 0 Å². The number of carbonyl (C=O) groups is 2. The van der Waals surface area contributed by atoms with Crippen LogP contribution in [0, 0.1) is 11.8 Å². The van der Waals surface area contributed by atoms with Crippen LogP contribution in [0.25, 0.3) is 0 Å². The van der Waals surface area contributed by atoms with Gasteiger partial charge in [0.15, 0.2) is 5.82 Å². The molecule has 104 valence electrons. The summed E-state index contributed by atoms with van der Waals surface area (Å²) in [7, 11) is 0. The van der Waals surface area contributed by atoms with Crippen molar-refractivity contribution in [2.24, 2.45) is 11.8 Å². The molecule has 1 fully saturated rings. The second-order valence-corrected chi connectivity index (χ2v) is 4.73. The van der Waals surface area contributed by atoms with E-state index in [0.717, 1.165) is 13.0 Å². The minimum absolute atomic E-state index is 0.199. The third kappa shape index (κ3) is 2.91. The van der Waals surface area contributed by atoms with Crippen LogP contribution in [0.1, 0.15) is 32.0 Å². The van der Waals surface area contributed by atoms with Gasteiger partial charge in [-0.1, -0.05) is 6.42 Å². The third-order valence-electron chi connectivity index (χ3n) is 3.63. The van der Waals surface area contributed by atoms with Gasteiger partial charge in [0.2, 0.25) is 5.91 Å². The van der Waals surface area contributed by atoms with Crippen LogP contribution in [0.4, 0.5) is 0 Å². The summed E-state index contributed by atoms with van der Waals surface area (Å²) in [6.07, 6.45) is 3.62. The monoisotopic (exact) mass is 266 g/mol. The van der Waals surface area contributed by atoms with Gasteiger partial charge in [-0.05, 0) is 19.8 Å². The number of nitrogens with zero attached hydrogens (tertiary/aromatic N) is 3. The molecule has 1 aliphatic carbocycles. The average Bonchev–Trinajstić information content (AvgIpc) is 3.04. The van der Waals surface area contributed by atoms with Crippen LogP contribution < -0.4 is 5.32 Å². The van der Waals surface area contributed by atoms with Crippen molar-refractivity contribution in [3.05, 3.63) is 12.2 Å². The van der Waals surface area contributed by atoms with Crippen LogP contribution in [0.5, 0.6) is 0 Å². The predicted octanol–water partition coefficient (Wildman–Crippen LogP) is 0.415. The molecule has 0 aliphatic heterocycles. The van der Waals surface area contributed by atoms with E-state index >= 15 is 0 Å². The first kappa shape index (κ1) is 13.5. The van der Waals surface area contributed by atoms with Gasteiger partial charge in [0, 0.05) is 6.54 Å². The molecule has 1 heterocycles. The topological polar surface area (TPSA) is 97.1 Å². The number of aliphatic carboxylic acids is 1. The molecule has 0 aromatic carbocycles. The maximum absolute atomic E-state index is 12.0. The summed E-state index contributed by atoms with van der Waals surface area (Å²) in [5.41, 5.74) is 0. The summed E-state index contributed by atoms with van der Waals surface area (Å²) in [6, 6.07) is 0. The molecule has 1 aromatic rings. The van der Waals surface area contributed by atoms with E-state index in [0.29, 0.717) is 18.7 Å². The van der Waals surface area contributed by atoms with Gasteiger partial charge < -0.3 is 15.0 Å². The predicted molar refractivity (Wildman–Crippen MR) is 66.0 cm³/mol. The number of carboxylic acid groups (broad SMARTS) is 1. The molecule has 2 N–H and O–H groups in total. The van der Waals surface area contributed by atoms with E-state index in [9.17, 15) is 9.59 Å².